The third-order valence-corrected chi connectivity index (χ3v) is 1.43. The zero-order chi connectivity index (χ0) is 9.68. The molecule has 0 aromatic heterocycles. The van der Waals surface area contributed by atoms with Gasteiger partial charge in [0.1, 0.15) is 0 Å². The Kier molecular flexibility index (Phi) is 5.48. The fourth-order valence-electron chi connectivity index (χ4n) is 0.851. The largest absolute Gasteiger partial charge is 0.450 e. The number of rotatable bonds is 2. The molecule has 14 heavy (non-hydrogen) atoms. The van der Waals surface area contributed by atoms with Gasteiger partial charge in [0, 0.05) is 11.4 Å². The van der Waals surface area contributed by atoms with Crippen molar-refractivity contribution in [2.24, 2.45) is 0 Å². The van der Waals surface area contributed by atoms with Gasteiger partial charge in [0.15, 0.2) is 0 Å². The second-order valence-corrected chi connectivity index (χ2v) is 2.47. The Hall–Kier alpha value is -1.42. The number of amides is 1. The predicted molar refractivity (Wildman–Crippen MR) is 58.7 cm³/mol. The summed E-state index contributed by atoms with van der Waals surface area (Å²) < 4.78 is 4.69. The van der Waals surface area contributed by atoms with Crippen molar-refractivity contribution in [3.8, 4) is 0 Å². The van der Waals surface area contributed by atoms with Crippen molar-refractivity contribution in [3.05, 3.63) is 24.3 Å². The van der Waals surface area contributed by atoms with Crippen molar-refractivity contribution in [2.75, 3.05) is 17.7 Å². The van der Waals surface area contributed by atoms with Gasteiger partial charge in [-0.1, -0.05) is 0 Å². The Bertz CT molecular complexity index is 287. The number of halogens is 1. The van der Waals surface area contributed by atoms with E-state index in [4.69, 9.17) is 10.5 Å². The Labute approximate surface area is 88.8 Å². The lowest BCUT2D eigenvalue weighted by atomic mass is 10.3. The monoisotopic (exact) mass is 216 g/mol. The Morgan fingerprint density at radius 2 is 2.00 bits per heavy atom. The molecular formula is C9H13ClN2O2. The second-order valence-electron chi connectivity index (χ2n) is 2.47. The summed E-state index contributed by atoms with van der Waals surface area (Å²) in [7, 11) is 0. The van der Waals surface area contributed by atoms with Crippen LogP contribution in [0.5, 0.6) is 0 Å². The molecule has 1 rings (SSSR count). The van der Waals surface area contributed by atoms with Crippen molar-refractivity contribution < 1.29 is 9.53 Å². The van der Waals surface area contributed by atoms with E-state index in [9.17, 15) is 4.79 Å². The molecule has 0 spiro atoms. The number of hydrogen-bond acceptors (Lipinski definition) is 3. The van der Waals surface area contributed by atoms with E-state index in [2.05, 4.69) is 5.32 Å². The van der Waals surface area contributed by atoms with E-state index in [1.165, 1.54) is 0 Å². The first-order valence-corrected chi connectivity index (χ1v) is 4.01. The fourth-order valence-corrected chi connectivity index (χ4v) is 0.851. The number of carbonyl (C=O) groups is 1. The van der Waals surface area contributed by atoms with Crippen LogP contribution in [0, 0.1) is 0 Å². The lowest BCUT2D eigenvalue weighted by Crippen LogP contribution is -2.13. The van der Waals surface area contributed by atoms with Crippen LogP contribution in [0.3, 0.4) is 0 Å². The van der Waals surface area contributed by atoms with Crippen LogP contribution in [-0.2, 0) is 4.74 Å². The molecule has 3 N–H and O–H groups in total. The SMILES string of the molecule is CCOC(=O)Nc1ccc(N)cc1.Cl. The highest BCUT2D eigenvalue weighted by Gasteiger charge is 1.99. The van der Waals surface area contributed by atoms with Gasteiger partial charge in [-0.2, -0.15) is 0 Å². The lowest BCUT2D eigenvalue weighted by Gasteiger charge is -2.04. The van der Waals surface area contributed by atoms with Crippen LogP contribution in [0.1, 0.15) is 6.92 Å². The Balaban J connectivity index is 0.00000169. The quantitative estimate of drug-likeness (QED) is 0.746. The lowest BCUT2D eigenvalue weighted by molar-refractivity contribution is 0.168. The average molecular weight is 217 g/mol. The van der Waals surface area contributed by atoms with E-state index in [1.807, 2.05) is 0 Å². The highest BCUT2D eigenvalue weighted by atomic mass is 35.5. The maximum atomic E-state index is 10.9. The highest BCUT2D eigenvalue weighted by Crippen LogP contribution is 2.10. The maximum absolute atomic E-state index is 10.9. The van der Waals surface area contributed by atoms with E-state index >= 15 is 0 Å². The van der Waals surface area contributed by atoms with Crippen molar-refractivity contribution in [1.29, 1.82) is 0 Å². The first-order valence-electron chi connectivity index (χ1n) is 4.01. The minimum Gasteiger partial charge on any atom is -0.450 e. The van der Waals surface area contributed by atoms with Crippen LogP contribution in [-0.4, -0.2) is 12.7 Å². The van der Waals surface area contributed by atoms with E-state index in [0.717, 1.165) is 0 Å². The number of hydrogen-bond donors (Lipinski definition) is 2. The smallest absolute Gasteiger partial charge is 0.411 e. The van der Waals surface area contributed by atoms with Gasteiger partial charge < -0.3 is 10.5 Å². The van der Waals surface area contributed by atoms with Crippen LogP contribution >= 0.6 is 12.4 Å². The van der Waals surface area contributed by atoms with Gasteiger partial charge in [0.05, 0.1) is 6.61 Å². The molecule has 78 valence electrons. The van der Waals surface area contributed by atoms with Crippen LogP contribution in [0.25, 0.3) is 0 Å². The molecule has 0 fully saturated rings. The predicted octanol–water partition coefficient (Wildman–Crippen LogP) is 2.26. The Morgan fingerprint density at radius 3 is 2.50 bits per heavy atom. The molecule has 0 aliphatic heterocycles. The average Bonchev–Trinajstić information content (AvgIpc) is 2.09. The van der Waals surface area contributed by atoms with Gasteiger partial charge in [0.25, 0.3) is 0 Å². The molecule has 1 amide bonds. The number of nitrogens with one attached hydrogen (secondary N) is 1. The summed E-state index contributed by atoms with van der Waals surface area (Å²) in [6, 6.07) is 6.85. The van der Waals surface area contributed by atoms with Crippen LogP contribution < -0.4 is 11.1 Å². The molecule has 1 aromatic carbocycles. The number of nitrogen functional groups attached to an aromatic ring is 1. The summed E-state index contributed by atoms with van der Waals surface area (Å²) in [5.41, 5.74) is 6.81. The van der Waals surface area contributed by atoms with Crippen LogP contribution in [0.2, 0.25) is 0 Å². The van der Waals surface area contributed by atoms with E-state index < -0.39 is 6.09 Å². The third kappa shape index (κ3) is 4.00. The van der Waals surface area contributed by atoms with Crippen molar-refractivity contribution in [3.63, 3.8) is 0 Å². The summed E-state index contributed by atoms with van der Waals surface area (Å²) in [5, 5.41) is 2.55. The summed E-state index contributed by atoms with van der Waals surface area (Å²) >= 11 is 0. The number of carbonyl (C=O) groups excluding carboxylic acids is 1. The van der Waals surface area contributed by atoms with E-state index in [1.54, 1.807) is 31.2 Å². The first kappa shape index (κ1) is 12.6. The second kappa shape index (κ2) is 6.10. The number of ether oxygens (including phenoxy) is 1. The molecule has 0 atom stereocenters. The van der Waals surface area contributed by atoms with Gasteiger partial charge >= 0.3 is 6.09 Å². The van der Waals surface area contributed by atoms with Crippen molar-refractivity contribution in [1.82, 2.24) is 0 Å². The number of benzene rings is 1. The standard InChI is InChI=1S/C9H12N2O2.ClH/c1-2-13-9(12)11-8-5-3-7(10)4-6-8;/h3-6H,2,10H2,1H3,(H,11,12);1H. The Morgan fingerprint density at radius 1 is 1.43 bits per heavy atom. The van der Waals surface area contributed by atoms with Gasteiger partial charge in [-0.05, 0) is 31.2 Å². The topological polar surface area (TPSA) is 64.3 Å². The number of anilines is 2. The van der Waals surface area contributed by atoms with Crippen LogP contribution in [0.15, 0.2) is 24.3 Å². The molecule has 0 radical (unpaired) electrons. The van der Waals surface area contributed by atoms with Crippen molar-refractivity contribution in [2.45, 2.75) is 6.92 Å². The summed E-state index contributed by atoms with van der Waals surface area (Å²) in [6.45, 7) is 2.11. The molecular weight excluding hydrogens is 204 g/mol. The molecule has 0 saturated carbocycles. The zero-order valence-corrected chi connectivity index (χ0v) is 8.64. The highest BCUT2D eigenvalue weighted by molar-refractivity contribution is 5.85. The van der Waals surface area contributed by atoms with Gasteiger partial charge in [-0.25, -0.2) is 4.79 Å². The summed E-state index contributed by atoms with van der Waals surface area (Å²) in [5.74, 6) is 0. The molecule has 0 aliphatic rings. The van der Waals surface area contributed by atoms with E-state index in [-0.39, 0.29) is 12.4 Å². The van der Waals surface area contributed by atoms with E-state index in [0.29, 0.717) is 18.0 Å². The number of nitrogens with two attached hydrogens (primary N) is 1. The molecule has 0 saturated heterocycles. The summed E-state index contributed by atoms with van der Waals surface area (Å²) in [6.07, 6.45) is -0.452. The van der Waals surface area contributed by atoms with Crippen molar-refractivity contribution >= 4 is 29.9 Å². The third-order valence-electron chi connectivity index (χ3n) is 1.43. The molecule has 0 unspecified atom stereocenters. The first-order chi connectivity index (χ1) is 6.22. The summed E-state index contributed by atoms with van der Waals surface area (Å²) in [4.78, 5) is 10.9. The van der Waals surface area contributed by atoms with Gasteiger partial charge in [-0.3, -0.25) is 5.32 Å². The minimum atomic E-state index is -0.452. The molecule has 5 heteroatoms. The molecule has 0 bridgehead atoms. The minimum absolute atomic E-state index is 0. The fraction of sp³-hybridized carbons (Fsp3) is 0.222. The molecule has 0 aliphatic carbocycles. The molecule has 1 aromatic rings. The van der Waals surface area contributed by atoms with Gasteiger partial charge in [-0.15, -0.1) is 12.4 Å². The zero-order valence-electron chi connectivity index (χ0n) is 7.82. The van der Waals surface area contributed by atoms with Crippen LogP contribution in [0.4, 0.5) is 16.2 Å². The normalized spacial score (nSPS) is 8.64. The van der Waals surface area contributed by atoms with Gasteiger partial charge in [0.2, 0.25) is 0 Å². The molecule has 4 nitrogen and oxygen atoms in total. The maximum Gasteiger partial charge on any atom is 0.411 e. The molecule has 0 heterocycles.